The van der Waals surface area contributed by atoms with E-state index in [1.807, 2.05) is 13.8 Å². The van der Waals surface area contributed by atoms with Gasteiger partial charge in [-0.2, -0.15) is 0 Å². The molecule has 0 aliphatic heterocycles. The number of rotatable bonds is 6. The first-order chi connectivity index (χ1) is 9.92. The first kappa shape index (κ1) is 16.8. The van der Waals surface area contributed by atoms with Gasteiger partial charge in [0.2, 0.25) is 0 Å². The number of benzene rings is 1. The van der Waals surface area contributed by atoms with Gasteiger partial charge in [-0.25, -0.2) is 9.59 Å². The third-order valence-corrected chi connectivity index (χ3v) is 2.87. The molecule has 0 amide bonds. The van der Waals surface area contributed by atoms with Crippen LogP contribution in [-0.4, -0.2) is 25.2 Å². The van der Waals surface area contributed by atoms with Gasteiger partial charge in [0.25, 0.3) is 0 Å². The Labute approximate surface area is 124 Å². The molecule has 1 aromatic carbocycles. The van der Waals surface area contributed by atoms with Crippen molar-refractivity contribution in [1.82, 2.24) is 0 Å². The van der Waals surface area contributed by atoms with E-state index in [-0.39, 0.29) is 12.0 Å². The summed E-state index contributed by atoms with van der Waals surface area (Å²) in [5.74, 6) is 0.0387. The lowest BCUT2D eigenvalue weighted by Crippen LogP contribution is -2.19. The number of carbonyl (C=O) groups is 2. The average Bonchev–Trinajstić information content (AvgIpc) is 2.45. The highest BCUT2D eigenvalue weighted by Crippen LogP contribution is 2.17. The molecule has 0 heterocycles. The van der Waals surface area contributed by atoms with Crippen molar-refractivity contribution >= 4 is 11.9 Å². The largest absolute Gasteiger partial charge is 0.497 e. The van der Waals surface area contributed by atoms with E-state index in [1.165, 1.54) is 0 Å². The van der Waals surface area contributed by atoms with Crippen LogP contribution in [0.1, 0.15) is 20.8 Å². The van der Waals surface area contributed by atoms with Crippen LogP contribution in [0.5, 0.6) is 11.5 Å². The number of methoxy groups -OCH3 is 1. The molecule has 0 aliphatic rings. The zero-order valence-electron chi connectivity index (χ0n) is 12.7. The van der Waals surface area contributed by atoms with Gasteiger partial charge in [0.15, 0.2) is 0 Å². The number of esters is 2. The summed E-state index contributed by atoms with van der Waals surface area (Å²) in [6.07, 6.45) is 1.89. The number of carbonyl (C=O) groups excluding carboxylic acids is 2. The predicted octanol–water partition coefficient (Wildman–Crippen LogP) is 2.74. The third kappa shape index (κ3) is 6.12. The van der Waals surface area contributed by atoms with E-state index in [0.717, 1.165) is 12.2 Å². The maximum Gasteiger partial charge on any atom is 0.336 e. The Bertz CT molecular complexity index is 502. The molecular weight excluding hydrogens is 272 g/mol. The second-order valence-electron chi connectivity index (χ2n) is 4.82. The minimum absolute atomic E-state index is 0.209. The molecule has 1 unspecified atom stereocenters. The topological polar surface area (TPSA) is 61.8 Å². The summed E-state index contributed by atoms with van der Waals surface area (Å²) in [6.45, 7) is 5.69. The maximum atomic E-state index is 11.5. The van der Waals surface area contributed by atoms with Crippen molar-refractivity contribution in [2.24, 2.45) is 5.92 Å². The van der Waals surface area contributed by atoms with Crippen LogP contribution in [0.3, 0.4) is 0 Å². The van der Waals surface area contributed by atoms with Crippen molar-refractivity contribution in [2.45, 2.75) is 26.9 Å². The van der Waals surface area contributed by atoms with E-state index in [1.54, 1.807) is 38.3 Å². The molecule has 0 saturated heterocycles. The molecule has 21 heavy (non-hydrogen) atoms. The predicted molar refractivity (Wildman–Crippen MR) is 78.2 cm³/mol. The maximum absolute atomic E-state index is 11.5. The summed E-state index contributed by atoms with van der Waals surface area (Å²) in [5, 5.41) is 0. The van der Waals surface area contributed by atoms with Crippen LogP contribution in [0.2, 0.25) is 0 Å². The van der Waals surface area contributed by atoms with Gasteiger partial charge in [-0.15, -0.1) is 0 Å². The van der Waals surface area contributed by atoms with Crippen molar-refractivity contribution in [3.8, 4) is 11.5 Å². The highest BCUT2D eigenvalue weighted by Gasteiger charge is 2.11. The highest BCUT2D eigenvalue weighted by atomic mass is 16.5. The van der Waals surface area contributed by atoms with Crippen LogP contribution < -0.4 is 9.47 Å². The highest BCUT2D eigenvalue weighted by molar-refractivity contribution is 5.92. The van der Waals surface area contributed by atoms with E-state index < -0.39 is 11.9 Å². The lowest BCUT2D eigenvalue weighted by Gasteiger charge is -2.14. The summed E-state index contributed by atoms with van der Waals surface area (Å²) in [4.78, 5) is 23.0. The fraction of sp³-hybridized carbons (Fsp3) is 0.375. The molecule has 5 heteroatoms. The molecule has 5 nitrogen and oxygen atoms in total. The summed E-state index contributed by atoms with van der Waals surface area (Å²) >= 11 is 0. The Morgan fingerprint density at radius 2 is 1.48 bits per heavy atom. The molecule has 0 N–H and O–H groups in total. The van der Waals surface area contributed by atoms with E-state index in [2.05, 4.69) is 0 Å². The number of ether oxygens (including phenoxy) is 3. The quantitative estimate of drug-likeness (QED) is 0.458. The SMILES string of the molecule is COc1ccc(OC(=O)/C=C/C(=O)OC(C)C(C)C)cc1. The summed E-state index contributed by atoms with van der Waals surface area (Å²) in [7, 11) is 1.55. The zero-order valence-corrected chi connectivity index (χ0v) is 12.7. The number of hydrogen-bond donors (Lipinski definition) is 0. The fourth-order valence-corrected chi connectivity index (χ4v) is 1.29. The van der Waals surface area contributed by atoms with Crippen molar-refractivity contribution in [1.29, 1.82) is 0 Å². The summed E-state index contributed by atoms with van der Waals surface area (Å²) in [6, 6.07) is 6.54. The van der Waals surface area contributed by atoms with Gasteiger partial charge in [-0.05, 0) is 37.1 Å². The third-order valence-electron chi connectivity index (χ3n) is 2.87. The van der Waals surface area contributed by atoms with Crippen molar-refractivity contribution in [3.05, 3.63) is 36.4 Å². The molecular formula is C16H20O5. The van der Waals surface area contributed by atoms with E-state index in [4.69, 9.17) is 14.2 Å². The van der Waals surface area contributed by atoms with Crippen LogP contribution in [-0.2, 0) is 14.3 Å². The van der Waals surface area contributed by atoms with Crippen molar-refractivity contribution < 1.29 is 23.8 Å². The second kappa shape index (κ2) is 8.09. The van der Waals surface area contributed by atoms with Gasteiger partial charge < -0.3 is 14.2 Å². The lowest BCUT2D eigenvalue weighted by molar-refractivity contribution is -0.144. The molecule has 0 bridgehead atoms. The molecule has 0 spiro atoms. The number of hydrogen-bond acceptors (Lipinski definition) is 5. The molecule has 1 aromatic rings. The Morgan fingerprint density at radius 3 is 2.00 bits per heavy atom. The van der Waals surface area contributed by atoms with Gasteiger partial charge in [-0.1, -0.05) is 13.8 Å². The lowest BCUT2D eigenvalue weighted by atomic mass is 10.1. The molecule has 0 aromatic heterocycles. The van der Waals surface area contributed by atoms with Crippen molar-refractivity contribution in [3.63, 3.8) is 0 Å². The minimum atomic E-state index is -0.644. The Hall–Kier alpha value is -2.30. The van der Waals surface area contributed by atoms with Crippen LogP contribution in [0, 0.1) is 5.92 Å². The van der Waals surface area contributed by atoms with Crippen LogP contribution in [0.4, 0.5) is 0 Å². The monoisotopic (exact) mass is 292 g/mol. The Kier molecular flexibility index (Phi) is 6.46. The van der Waals surface area contributed by atoms with Gasteiger partial charge in [0, 0.05) is 12.2 Å². The first-order valence-corrected chi connectivity index (χ1v) is 6.67. The standard InChI is InChI=1S/C16H20O5/c1-11(2)12(3)20-15(17)9-10-16(18)21-14-7-5-13(19-4)6-8-14/h5-12H,1-4H3/b10-9+. The van der Waals surface area contributed by atoms with Gasteiger partial charge in [-0.3, -0.25) is 0 Å². The van der Waals surface area contributed by atoms with Gasteiger partial charge in [0.05, 0.1) is 7.11 Å². The molecule has 0 saturated carbocycles. The van der Waals surface area contributed by atoms with Gasteiger partial charge in [0.1, 0.15) is 17.6 Å². The summed E-state index contributed by atoms with van der Waals surface area (Å²) in [5.41, 5.74) is 0. The molecule has 1 rings (SSSR count). The Balaban J connectivity index is 2.48. The first-order valence-electron chi connectivity index (χ1n) is 6.67. The second-order valence-corrected chi connectivity index (χ2v) is 4.82. The van der Waals surface area contributed by atoms with Crippen LogP contribution in [0.25, 0.3) is 0 Å². The van der Waals surface area contributed by atoms with Crippen molar-refractivity contribution in [2.75, 3.05) is 7.11 Å². The van der Waals surface area contributed by atoms with Crippen LogP contribution >= 0.6 is 0 Å². The molecule has 0 aliphatic carbocycles. The van der Waals surface area contributed by atoms with E-state index in [9.17, 15) is 9.59 Å². The molecule has 0 fully saturated rings. The Morgan fingerprint density at radius 1 is 0.952 bits per heavy atom. The van der Waals surface area contributed by atoms with E-state index >= 15 is 0 Å². The summed E-state index contributed by atoms with van der Waals surface area (Å²) < 4.78 is 15.1. The molecule has 1 atom stereocenters. The zero-order chi connectivity index (χ0) is 15.8. The van der Waals surface area contributed by atoms with Crippen LogP contribution in [0.15, 0.2) is 36.4 Å². The fourth-order valence-electron chi connectivity index (χ4n) is 1.29. The minimum Gasteiger partial charge on any atom is -0.497 e. The van der Waals surface area contributed by atoms with E-state index in [0.29, 0.717) is 11.5 Å². The molecule has 114 valence electrons. The average molecular weight is 292 g/mol. The van der Waals surface area contributed by atoms with Gasteiger partial charge >= 0.3 is 11.9 Å². The molecule has 0 radical (unpaired) electrons. The normalized spacial score (nSPS) is 12.2. The smallest absolute Gasteiger partial charge is 0.336 e.